The van der Waals surface area contributed by atoms with E-state index in [0.717, 1.165) is 32.5 Å². The lowest BCUT2D eigenvalue weighted by Gasteiger charge is -2.34. The van der Waals surface area contributed by atoms with Crippen LogP contribution in [0.2, 0.25) is 0 Å². The molecule has 4 heteroatoms. The van der Waals surface area contributed by atoms with Gasteiger partial charge in [-0.05, 0) is 45.3 Å². The molecule has 0 aromatic rings. The number of hydrogen-bond donors (Lipinski definition) is 1. The Morgan fingerprint density at radius 2 is 2.14 bits per heavy atom. The van der Waals surface area contributed by atoms with Crippen LogP contribution < -0.4 is 5.73 Å². The van der Waals surface area contributed by atoms with Crippen molar-refractivity contribution in [3.8, 4) is 0 Å². The molecule has 0 aromatic carbocycles. The fourth-order valence-electron chi connectivity index (χ4n) is 1.90. The lowest BCUT2D eigenvalue weighted by atomic mass is 9.96. The maximum atomic E-state index is 11.3. The maximum Gasteiger partial charge on any atom is 0.322 e. The van der Waals surface area contributed by atoms with Gasteiger partial charge in [0.25, 0.3) is 0 Å². The summed E-state index contributed by atoms with van der Waals surface area (Å²) >= 11 is 0. The minimum Gasteiger partial charge on any atom is -0.468 e. The van der Waals surface area contributed by atoms with Gasteiger partial charge in [-0.2, -0.15) is 0 Å². The van der Waals surface area contributed by atoms with Gasteiger partial charge in [-0.25, -0.2) is 0 Å². The summed E-state index contributed by atoms with van der Waals surface area (Å²) in [5, 5.41) is 0. The van der Waals surface area contributed by atoms with Crippen LogP contribution in [0, 0.1) is 5.92 Å². The lowest BCUT2D eigenvalue weighted by molar-refractivity contribution is -0.146. The number of carbonyl (C=O) groups is 1. The smallest absolute Gasteiger partial charge is 0.322 e. The molecule has 0 saturated carbocycles. The van der Waals surface area contributed by atoms with Crippen LogP contribution in [0.1, 0.15) is 19.8 Å². The molecule has 0 unspecified atom stereocenters. The van der Waals surface area contributed by atoms with Gasteiger partial charge in [0.05, 0.1) is 7.11 Å². The van der Waals surface area contributed by atoms with Gasteiger partial charge in [-0.1, -0.05) is 0 Å². The van der Waals surface area contributed by atoms with E-state index >= 15 is 0 Å². The molecule has 0 amide bonds. The molecule has 0 radical (unpaired) electrons. The van der Waals surface area contributed by atoms with E-state index in [2.05, 4.69) is 4.90 Å². The summed E-state index contributed by atoms with van der Waals surface area (Å²) in [7, 11) is 1.44. The number of hydrogen-bond acceptors (Lipinski definition) is 4. The number of rotatable bonds is 3. The molecule has 0 aliphatic carbocycles. The summed E-state index contributed by atoms with van der Waals surface area (Å²) in [5.74, 6) is 0.493. The van der Waals surface area contributed by atoms with Gasteiger partial charge >= 0.3 is 5.97 Å². The maximum absolute atomic E-state index is 11.3. The van der Waals surface area contributed by atoms with Crippen LogP contribution in [0.25, 0.3) is 0 Å². The fraction of sp³-hybridized carbons (Fsp3) is 0.900. The largest absolute Gasteiger partial charge is 0.468 e. The zero-order valence-corrected chi connectivity index (χ0v) is 9.03. The monoisotopic (exact) mass is 200 g/mol. The molecule has 1 heterocycles. The Kier molecular flexibility index (Phi) is 4.35. The third-order valence-corrected chi connectivity index (χ3v) is 3.07. The number of nitrogens with two attached hydrogens (primary N) is 1. The molecule has 14 heavy (non-hydrogen) atoms. The van der Waals surface area contributed by atoms with E-state index in [-0.39, 0.29) is 12.0 Å². The van der Waals surface area contributed by atoms with Crippen molar-refractivity contribution in [3.63, 3.8) is 0 Å². The van der Waals surface area contributed by atoms with Crippen molar-refractivity contribution >= 4 is 5.97 Å². The van der Waals surface area contributed by atoms with E-state index in [4.69, 9.17) is 10.5 Å². The van der Waals surface area contributed by atoms with Crippen molar-refractivity contribution in [1.82, 2.24) is 4.90 Å². The molecular weight excluding hydrogens is 180 g/mol. The Bertz CT molecular complexity index is 189. The normalized spacial score (nSPS) is 21.9. The highest BCUT2D eigenvalue weighted by atomic mass is 16.5. The van der Waals surface area contributed by atoms with Crippen molar-refractivity contribution in [1.29, 1.82) is 0 Å². The predicted octanol–water partition coefficient (Wildman–Crippen LogP) is 0.219. The Hall–Kier alpha value is -0.610. The lowest BCUT2D eigenvalue weighted by Crippen LogP contribution is -2.45. The summed E-state index contributed by atoms with van der Waals surface area (Å²) < 4.78 is 4.71. The zero-order chi connectivity index (χ0) is 10.6. The number of carbonyl (C=O) groups excluding carboxylic acids is 1. The second kappa shape index (κ2) is 5.32. The molecule has 1 saturated heterocycles. The SMILES string of the molecule is COC(=O)[C@@H](C)N1CCC(CN)CC1. The predicted molar refractivity (Wildman–Crippen MR) is 54.8 cm³/mol. The van der Waals surface area contributed by atoms with Crippen molar-refractivity contribution in [2.75, 3.05) is 26.7 Å². The fourth-order valence-corrected chi connectivity index (χ4v) is 1.90. The van der Waals surface area contributed by atoms with Crippen molar-refractivity contribution < 1.29 is 9.53 Å². The minimum atomic E-state index is -0.142. The highest BCUT2D eigenvalue weighted by Crippen LogP contribution is 2.17. The molecule has 2 N–H and O–H groups in total. The number of ether oxygens (including phenoxy) is 1. The van der Waals surface area contributed by atoms with Crippen LogP contribution in [-0.2, 0) is 9.53 Å². The van der Waals surface area contributed by atoms with Crippen LogP contribution in [-0.4, -0.2) is 43.7 Å². The molecule has 0 aromatic heterocycles. The van der Waals surface area contributed by atoms with Gasteiger partial charge in [0.2, 0.25) is 0 Å². The van der Waals surface area contributed by atoms with E-state index in [1.807, 2.05) is 6.92 Å². The number of nitrogens with zero attached hydrogens (tertiary/aromatic N) is 1. The summed E-state index contributed by atoms with van der Waals surface area (Å²) in [4.78, 5) is 13.4. The standard InChI is InChI=1S/C10H20N2O2/c1-8(10(13)14-2)12-5-3-9(7-11)4-6-12/h8-9H,3-7,11H2,1-2H3/t8-/m1/s1. The second-order valence-corrected chi connectivity index (χ2v) is 3.91. The first-order chi connectivity index (χ1) is 6.69. The number of likely N-dealkylation sites (tertiary alicyclic amines) is 1. The second-order valence-electron chi connectivity index (χ2n) is 3.91. The van der Waals surface area contributed by atoms with E-state index in [1.165, 1.54) is 7.11 Å². The van der Waals surface area contributed by atoms with Crippen molar-refractivity contribution in [2.24, 2.45) is 11.7 Å². The summed E-state index contributed by atoms with van der Waals surface area (Å²) in [6.45, 7) is 4.57. The molecule has 4 nitrogen and oxygen atoms in total. The highest BCUT2D eigenvalue weighted by Gasteiger charge is 2.26. The Morgan fingerprint density at radius 3 is 2.57 bits per heavy atom. The summed E-state index contributed by atoms with van der Waals surface area (Å²) in [6, 6.07) is -0.112. The number of piperidine rings is 1. The van der Waals surface area contributed by atoms with Crippen molar-refractivity contribution in [3.05, 3.63) is 0 Å². The number of esters is 1. The summed E-state index contributed by atoms with van der Waals surface area (Å²) in [6.07, 6.45) is 2.19. The van der Waals surface area contributed by atoms with Crippen LogP contribution in [0.4, 0.5) is 0 Å². The molecular formula is C10H20N2O2. The molecule has 1 fully saturated rings. The average Bonchev–Trinajstić information content (AvgIpc) is 2.27. The first-order valence-electron chi connectivity index (χ1n) is 5.21. The molecule has 82 valence electrons. The highest BCUT2D eigenvalue weighted by molar-refractivity contribution is 5.75. The van der Waals surface area contributed by atoms with Gasteiger partial charge in [-0.15, -0.1) is 0 Å². The van der Waals surface area contributed by atoms with Gasteiger partial charge in [0.15, 0.2) is 0 Å². The van der Waals surface area contributed by atoms with Crippen molar-refractivity contribution in [2.45, 2.75) is 25.8 Å². The van der Waals surface area contributed by atoms with Crippen LogP contribution >= 0.6 is 0 Å². The van der Waals surface area contributed by atoms with E-state index in [0.29, 0.717) is 5.92 Å². The van der Waals surface area contributed by atoms with Gasteiger partial charge in [0, 0.05) is 0 Å². The molecule has 1 rings (SSSR count). The van der Waals surface area contributed by atoms with Gasteiger partial charge in [-0.3, -0.25) is 9.69 Å². The van der Waals surface area contributed by atoms with Gasteiger partial charge < -0.3 is 10.5 Å². The molecule has 1 atom stereocenters. The summed E-state index contributed by atoms with van der Waals surface area (Å²) in [5.41, 5.74) is 5.60. The third-order valence-electron chi connectivity index (χ3n) is 3.07. The molecule has 0 bridgehead atoms. The Balaban J connectivity index is 2.37. The first-order valence-corrected chi connectivity index (χ1v) is 5.21. The first kappa shape index (κ1) is 11.5. The van der Waals surface area contributed by atoms with Crippen LogP contribution in [0.15, 0.2) is 0 Å². The average molecular weight is 200 g/mol. The van der Waals surface area contributed by atoms with Gasteiger partial charge in [0.1, 0.15) is 6.04 Å². The Labute approximate surface area is 85.4 Å². The minimum absolute atomic E-state index is 0.112. The van der Waals surface area contributed by atoms with Crippen LogP contribution in [0.5, 0.6) is 0 Å². The molecule has 1 aliphatic heterocycles. The molecule has 1 aliphatic rings. The van der Waals surface area contributed by atoms with E-state index in [9.17, 15) is 4.79 Å². The topological polar surface area (TPSA) is 55.6 Å². The molecule has 0 spiro atoms. The quantitative estimate of drug-likeness (QED) is 0.662. The number of methoxy groups -OCH3 is 1. The van der Waals surface area contributed by atoms with Crippen LogP contribution in [0.3, 0.4) is 0 Å². The van der Waals surface area contributed by atoms with E-state index in [1.54, 1.807) is 0 Å². The third kappa shape index (κ3) is 2.69. The zero-order valence-electron chi connectivity index (χ0n) is 9.03. The Morgan fingerprint density at radius 1 is 1.57 bits per heavy atom. The van der Waals surface area contributed by atoms with E-state index < -0.39 is 0 Å².